The summed E-state index contributed by atoms with van der Waals surface area (Å²) in [4.78, 5) is 12.8. The highest BCUT2D eigenvalue weighted by atomic mass is 16.6. The molecule has 19 heavy (non-hydrogen) atoms. The Hall–Kier alpha value is -1.62. The molecule has 1 fully saturated rings. The number of nitrogens with two attached hydrogens (primary N) is 1. The van der Waals surface area contributed by atoms with Crippen molar-refractivity contribution in [1.29, 1.82) is 0 Å². The molecule has 1 aliphatic heterocycles. The molecule has 1 aromatic carbocycles. The number of nitro benzene ring substituents is 1. The normalized spacial score (nSPS) is 23.4. The number of benzene rings is 1. The third-order valence-corrected chi connectivity index (χ3v) is 3.96. The van der Waals surface area contributed by atoms with Crippen LogP contribution in [0.25, 0.3) is 0 Å². The first-order valence-corrected chi connectivity index (χ1v) is 6.74. The van der Waals surface area contributed by atoms with Gasteiger partial charge < -0.3 is 10.6 Å². The molecule has 104 valence electrons. The summed E-state index contributed by atoms with van der Waals surface area (Å²) in [6, 6.07) is 5.33. The summed E-state index contributed by atoms with van der Waals surface area (Å²) in [5, 5.41) is 10.9. The number of nitro groups is 1. The number of hydrogen-bond donors (Lipinski definition) is 1. The summed E-state index contributed by atoms with van der Waals surface area (Å²) in [6.07, 6.45) is 2.16. The van der Waals surface area contributed by atoms with Crippen LogP contribution in [0.2, 0.25) is 0 Å². The van der Waals surface area contributed by atoms with Gasteiger partial charge in [-0.05, 0) is 31.2 Å². The van der Waals surface area contributed by atoms with E-state index in [9.17, 15) is 10.1 Å². The van der Waals surface area contributed by atoms with Crippen LogP contribution in [0.5, 0.6) is 0 Å². The van der Waals surface area contributed by atoms with Crippen molar-refractivity contribution in [3.8, 4) is 0 Å². The fourth-order valence-electron chi connectivity index (χ4n) is 2.81. The van der Waals surface area contributed by atoms with Crippen molar-refractivity contribution in [2.24, 2.45) is 11.7 Å². The van der Waals surface area contributed by atoms with Gasteiger partial charge in [-0.25, -0.2) is 0 Å². The van der Waals surface area contributed by atoms with Crippen LogP contribution >= 0.6 is 0 Å². The SMILES string of the molecule is Cc1ccc([N+](=O)[O-])cc1N1CCC(C)CC1CN. The van der Waals surface area contributed by atoms with E-state index >= 15 is 0 Å². The number of hydrogen-bond acceptors (Lipinski definition) is 4. The fraction of sp³-hybridized carbons (Fsp3) is 0.571. The number of aryl methyl sites for hydroxylation is 1. The Bertz CT molecular complexity index is 476. The Kier molecular flexibility index (Phi) is 4.04. The lowest BCUT2D eigenvalue weighted by molar-refractivity contribution is -0.384. The van der Waals surface area contributed by atoms with Gasteiger partial charge in [0.15, 0.2) is 0 Å². The van der Waals surface area contributed by atoms with E-state index in [2.05, 4.69) is 11.8 Å². The highest BCUT2D eigenvalue weighted by Crippen LogP contribution is 2.32. The molecule has 5 nitrogen and oxygen atoms in total. The minimum absolute atomic E-state index is 0.148. The van der Waals surface area contributed by atoms with Crippen LogP contribution in [0.15, 0.2) is 18.2 Å². The lowest BCUT2D eigenvalue weighted by atomic mass is 9.91. The van der Waals surface area contributed by atoms with Gasteiger partial charge >= 0.3 is 0 Å². The predicted molar refractivity (Wildman–Crippen MR) is 76.4 cm³/mol. The van der Waals surface area contributed by atoms with Crippen LogP contribution < -0.4 is 10.6 Å². The van der Waals surface area contributed by atoms with Crippen LogP contribution in [0.1, 0.15) is 25.3 Å². The second-order valence-corrected chi connectivity index (χ2v) is 5.44. The van der Waals surface area contributed by atoms with E-state index in [1.165, 1.54) is 0 Å². The fourth-order valence-corrected chi connectivity index (χ4v) is 2.81. The Morgan fingerprint density at radius 3 is 2.89 bits per heavy atom. The largest absolute Gasteiger partial charge is 0.367 e. The molecular formula is C14H21N3O2. The Balaban J connectivity index is 2.34. The number of nitrogens with zero attached hydrogens (tertiary/aromatic N) is 2. The van der Waals surface area contributed by atoms with Crippen molar-refractivity contribution >= 4 is 11.4 Å². The van der Waals surface area contributed by atoms with Crippen LogP contribution in [0.4, 0.5) is 11.4 Å². The first-order chi connectivity index (χ1) is 9.02. The van der Waals surface area contributed by atoms with Crippen molar-refractivity contribution < 1.29 is 4.92 Å². The smallest absolute Gasteiger partial charge is 0.271 e. The molecule has 2 unspecified atom stereocenters. The molecule has 2 N–H and O–H groups in total. The summed E-state index contributed by atoms with van der Waals surface area (Å²) in [5.41, 5.74) is 8.04. The standard InChI is InChI=1S/C14H21N3O2/c1-10-5-6-16(13(7-10)9-15)14-8-12(17(18)19)4-3-11(14)2/h3-4,8,10,13H,5-7,9,15H2,1-2H3. The van der Waals surface area contributed by atoms with Crippen LogP contribution in [-0.4, -0.2) is 24.1 Å². The maximum Gasteiger partial charge on any atom is 0.271 e. The summed E-state index contributed by atoms with van der Waals surface area (Å²) in [5.74, 6) is 0.670. The quantitative estimate of drug-likeness (QED) is 0.671. The van der Waals surface area contributed by atoms with Crippen molar-refractivity contribution in [3.05, 3.63) is 33.9 Å². The maximum absolute atomic E-state index is 10.9. The Labute approximate surface area is 113 Å². The first kappa shape index (κ1) is 13.8. The molecule has 1 aromatic rings. The van der Waals surface area contributed by atoms with Gasteiger partial charge in [0.1, 0.15) is 0 Å². The van der Waals surface area contributed by atoms with Crippen molar-refractivity contribution in [1.82, 2.24) is 0 Å². The zero-order valence-corrected chi connectivity index (χ0v) is 11.5. The van der Waals surface area contributed by atoms with Gasteiger partial charge in [0.2, 0.25) is 0 Å². The van der Waals surface area contributed by atoms with Gasteiger partial charge in [0, 0.05) is 37.0 Å². The number of piperidine rings is 1. The summed E-state index contributed by atoms with van der Waals surface area (Å²) < 4.78 is 0. The van der Waals surface area contributed by atoms with Gasteiger partial charge in [-0.1, -0.05) is 13.0 Å². The van der Waals surface area contributed by atoms with Crippen LogP contribution in [0.3, 0.4) is 0 Å². The molecule has 1 saturated heterocycles. The number of non-ortho nitro benzene ring substituents is 1. The van der Waals surface area contributed by atoms with E-state index in [-0.39, 0.29) is 16.7 Å². The van der Waals surface area contributed by atoms with Crippen molar-refractivity contribution in [2.75, 3.05) is 18.0 Å². The van der Waals surface area contributed by atoms with E-state index in [1.807, 2.05) is 13.0 Å². The minimum atomic E-state index is -0.340. The van der Waals surface area contributed by atoms with Crippen LogP contribution in [0, 0.1) is 23.0 Å². The topological polar surface area (TPSA) is 72.4 Å². The van der Waals surface area contributed by atoms with E-state index in [4.69, 9.17) is 5.73 Å². The van der Waals surface area contributed by atoms with Crippen molar-refractivity contribution in [2.45, 2.75) is 32.7 Å². The van der Waals surface area contributed by atoms with Gasteiger partial charge in [0.25, 0.3) is 5.69 Å². The summed E-state index contributed by atoms with van der Waals surface area (Å²) >= 11 is 0. The highest BCUT2D eigenvalue weighted by molar-refractivity contribution is 5.59. The molecule has 5 heteroatoms. The molecule has 0 aliphatic carbocycles. The molecule has 0 bridgehead atoms. The Morgan fingerprint density at radius 2 is 2.26 bits per heavy atom. The molecule has 0 radical (unpaired) electrons. The molecule has 2 atom stereocenters. The third-order valence-electron chi connectivity index (χ3n) is 3.96. The number of anilines is 1. The lowest BCUT2D eigenvalue weighted by Crippen LogP contribution is -2.46. The molecule has 0 amide bonds. The second-order valence-electron chi connectivity index (χ2n) is 5.44. The molecule has 0 saturated carbocycles. The van der Waals surface area contributed by atoms with Gasteiger partial charge in [-0.3, -0.25) is 10.1 Å². The Morgan fingerprint density at radius 1 is 1.53 bits per heavy atom. The zero-order valence-electron chi connectivity index (χ0n) is 11.5. The van der Waals surface area contributed by atoms with E-state index in [0.717, 1.165) is 30.6 Å². The minimum Gasteiger partial charge on any atom is -0.367 e. The van der Waals surface area contributed by atoms with E-state index < -0.39 is 0 Å². The average Bonchev–Trinajstić information content (AvgIpc) is 2.39. The third kappa shape index (κ3) is 2.87. The molecule has 1 aliphatic rings. The first-order valence-electron chi connectivity index (χ1n) is 6.74. The second kappa shape index (κ2) is 5.57. The van der Waals surface area contributed by atoms with Crippen molar-refractivity contribution in [3.63, 3.8) is 0 Å². The average molecular weight is 263 g/mol. The van der Waals surface area contributed by atoms with E-state index in [0.29, 0.717) is 12.5 Å². The molecule has 1 heterocycles. The monoisotopic (exact) mass is 263 g/mol. The number of rotatable bonds is 3. The van der Waals surface area contributed by atoms with Gasteiger partial charge in [0.05, 0.1) is 4.92 Å². The summed E-state index contributed by atoms with van der Waals surface area (Å²) in [7, 11) is 0. The molecule has 0 aromatic heterocycles. The lowest BCUT2D eigenvalue weighted by Gasteiger charge is -2.40. The zero-order chi connectivity index (χ0) is 14.0. The summed E-state index contributed by atoms with van der Waals surface area (Å²) in [6.45, 7) is 5.74. The molecule has 0 spiro atoms. The highest BCUT2D eigenvalue weighted by Gasteiger charge is 2.27. The van der Waals surface area contributed by atoms with E-state index in [1.54, 1.807) is 12.1 Å². The predicted octanol–water partition coefficient (Wildman–Crippen LogP) is 2.47. The molecule has 2 rings (SSSR count). The maximum atomic E-state index is 10.9. The van der Waals surface area contributed by atoms with Gasteiger partial charge in [-0.15, -0.1) is 0 Å². The van der Waals surface area contributed by atoms with Crippen LogP contribution in [-0.2, 0) is 0 Å². The van der Waals surface area contributed by atoms with Gasteiger partial charge in [-0.2, -0.15) is 0 Å². The molecular weight excluding hydrogens is 242 g/mol.